The SMILES string of the molecule is CCc1ccc(N=C2NC(=O)/C(=C/c3ccc(Sc4ccc(Cl)cc4)o3)S2)cc1. The Labute approximate surface area is 182 Å². The Morgan fingerprint density at radius 2 is 1.86 bits per heavy atom. The van der Waals surface area contributed by atoms with E-state index in [0.29, 0.717) is 20.9 Å². The normalized spacial score (nSPS) is 16.6. The van der Waals surface area contributed by atoms with Crippen LogP contribution in [0.2, 0.25) is 5.02 Å². The van der Waals surface area contributed by atoms with Crippen LogP contribution in [0, 0.1) is 0 Å². The zero-order valence-electron chi connectivity index (χ0n) is 15.5. The van der Waals surface area contributed by atoms with E-state index in [1.54, 1.807) is 6.08 Å². The third-order valence-corrected chi connectivity index (χ3v) is 6.22. The smallest absolute Gasteiger partial charge is 0.264 e. The van der Waals surface area contributed by atoms with Crippen LogP contribution in [0.1, 0.15) is 18.2 Å². The maximum absolute atomic E-state index is 12.3. The van der Waals surface area contributed by atoms with Crippen LogP contribution in [0.3, 0.4) is 0 Å². The van der Waals surface area contributed by atoms with Crippen LogP contribution in [0.15, 0.2) is 85.0 Å². The van der Waals surface area contributed by atoms with E-state index in [9.17, 15) is 4.79 Å². The molecule has 0 radical (unpaired) electrons. The molecule has 29 heavy (non-hydrogen) atoms. The van der Waals surface area contributed by atoms with Gasteiger partial charge in [-0.1, -0.05) is 42.4 Å². The second-order valence-electron chi connectivity index (χ2n) is 6.21. The molecule has 4 rings (SSSR count). The Bertz CT molecular complexity index is 1090. The van der Waals surface area contributed by atoms with Crippen molar-refractivity contribution < 1.29 is 9.21 Å². The standard InChI is InChI=1S/C22H17ClN2O2S2/c1-2-14-3-7-16(8-4-14)24-22-25-21(26)19(29-22)13-17-9-12-20(27-17)28-18-10-5-15(23)6-11-18/h3-13H,2H2,1H3,(H,24,25,26)/b19-13-. The van der Waals surface area contributed by atoms with Gasteiger partial charge in [-0.2, -0.15) is 0 Å². The van der Waals surface area contributed by atoms with Gasteiger partial charge in [-0.25, -0.2) is 4.99 Å². The Balaban J connectivity index is 1.45. The van der Waals surface area contributed by atoms with E-state index in [-0.39, 0.29) is 5.91 Å². The predicted molar refractivity (Wildman–Crippen MR) is 121 cm³/mol. The molecule has 4 nitrogen and oxygen atoms in total. The van der Waals surface area contributed by atoms with Crippen LogP contribution in [-0.2, 0) is 11.2 Å². The maximum Gasteiger partial charge on any atom is 0.264 e. The second kappa shape index (κ2) is 8.95. The average Bonchev–Trinajstić information content (AvgIpc) is 3.30. The van der Waals surface area contributed by atoms with Gasteiger partial charge in [-0.3, -0.25) is 4.79 Å². The van der Waals surface area contributed by atoms with E-state index in [4.69, 9.17) is 16.0 Å². The van der Waals surface area contributed by atoms with E-state index in [1.807, 2.05) is 60.7 Å². The molecule has 0 saturated carbocycles. The summed E-state index contributed by atoms with van der Waals surface area (Å²) < 4.78 is 5.83. The molecular weight excluding hydrogens is 424 g/mol. The first-order valence-electron chi connectivity index (χ1n) is 9.01. The summed E-state index contributed by atoms with van der Waals surface area (Å²) in [5.74, 6) is 0.440. The highest BCUT2D eigenvalue weighted by Crippen LogP contribution is 2.32. The topological polar surface area (TPSA) is 54.6 Å². The van der Waals surface area contributed by atoms with E-state index in [1.165, 1.54) is 29.1 Å². The number of carbonyl (C=O) groups is 1. The predicted octanol–water partition coefficient (Wildman–Crippen LogP) is 6.54. The van der Waals surface area contributed by atoms with Crippen LogP contribution in [0.4, 0.5) is 5.69 Å². The highest BCUT2D eigenvalue weighted by atomic mass is 35.5. The minimum absolute atomic E-state index is 0.178. The number of nitrogens with zero attached hydrogens (tertiary/aromatic N) is 1. The Morgan fingerprint density at radius 3 is 2.59 bits per heavy atom. The molecule has 2 heterocycles. The van der Waals surface area contributed by atoms with Gasteiger partial charge >= 0.3 is 0 Å². The molecule has 0 bridgehead atoms. The van der Waals surface area contributed by atoms with Gasteiger partial charge in [0.1, 0.15) is 5.76 Å². The summed E-state index contributed by atoms with van der Waals surface area (Å²) in [5.41, 5.74) is 2.06. The van der Waals surface area contributed by atoms with Crippen LogP contribution in [0.25, 0.3) is 6.08 Å². The van der Waals surface area contributed by atoms with Crippen molar-refractivity contribution in [3.8, 4) is 0 Å². The lowest BCUT2D eigenvalue weighted by Crippen LogP contribution is -2.19. The summed E-state index contributed by atoms with van der Waals surface area (Å²) in [5, 5.41) is 4.80. The van der Waals surface area contributed by atoms with Crippen LogP contribution in [0.5, 0.6) is 0 Å². The van der Waals surface area contributed by atoms with Crippen molar-refractivity contribution in [2.75, 3.05) is 0 Å². The summed E-state index contributed by atoms with van der Waals surface area (Å²) in [6.45, 7) is 2.11. The Hall–Kier alpha value is -2.41. The molecule has 1 aliphatic heterocycles. The number of amidine groups is 1. The molecule has 7 heteroatoms. The zero-order valence-corrected chi connectivity index (χ0v) is 17.9. The number of halogens is 1. The molecule has 2 aromatic carbocycles. The lowest BCUT2D eigenvalue weighted by atomic mass is 10.2. The number of benzene rings is 2. The molecule has 0 atom stereocenters. The minimum Gasteiger partial charge on any atom is -0.450 e. The van der Waals surface area contributed by atoms with E-state index < -0.39 is 0 Å². The van der Waals surface area contributed by atoms with Gasteiger partial charge in [0.15, 0.2) is 10.3 Å². The van der Waals surface area contributed by atoms with Gasteiger partial charge in [-0.15, -0.1) is 0 Å². The molecule has 3 aromatic rings. The molecular formula is C22H17ClN2O2S2. The Morgan fingerprint density at radius 1 is 1.10 bits per heavy atom. The fraction of sp³-hybridized carbons (Fsp3) is 0.0909. The number of hydrogen-bond acceptors (Lipinski definition) is 5. The van der Waals surface area contributed by atoms with Gasteiger partial charge in [0.05, 0.1) is 10.6 Å². The molecule has 1 aliphatic rings. The van der Waals surface area contributed by atoms with E-state index in [2.05, 4.69) is 17.2 Å². The molecule has 1 amide bonds. The second-order valence-corrected chi connectivity index (χ2v) is 8.76. The average molecular weight is 441 g/mol. The number of furan rings is 1. The number of nitrogens with one attached hydrogen (secondary N) is 1. The summed E-state index contributed by atoms with van der Waals surface area (Å²) >= 11 is 8.71. The number of rotatable bonds is 5. The Kier molecular flexibility index (Phi) is 6.13. The van der Waals surface area contributed by atoms with E-state index in [0.717, 1.165) is 22.1 Å². The highest BCUT2D eigenvalue weighted by molar-refractivity contribution is 8.18. The number of aliphatic imine (C=N–C) groups is 1. The lowest BCUT2D eigenvalue weighted by Gasteiger charge is -1.98. The largest absolute Gasteiger partial charge is 0.450 e. The molecule has 0 unspecified atom stereocenters. The lowest BCUT2D eigenvalue weighted by molar-refractivity contribution is -0.115. The van der Waals surface area contributed by atoms with Crippen molar-refractivity contribution in [1.82, 2.24) is 5.32 Å². The minimum atomic E-state index is -0.178. The van der Waals surface area contributed by atoms with E-state index >= 15 is 0 Å². The van der Waals surface area contributed by atoms with Crippen molar-refractivity contribution in [2.24, 2.45) is 4.99 Å². The summed E-state index contributed by atoms with van der Waals surface area (Å²) in [4.78, 5) is 18.3. The van der Waals surface area contributed by atoms with Crippen LogP contribution >= 0.6 is 35.1 Å². The summed E-state index contributed by atoms with van der Waals surface area (Å²) in [6, 6.07) is 19.3. The molecule has 0 aliphatic carbocycles. The molecule has 1 N–H and O–H groups in total. The molecule has 146 valence electrons. The number of amides is 1. The van der Waals surface area contributed by atoms with Crippen LogP contribution < -0.4 is 5.32 Å². The molecule has 1 saturated heterocycles. The molecule has 1 aromatic heterocycles. The van der Waals surface area contributed by atoms with Crippen molar-refractivity contribution in [3.63, 3.8) is 0 Å². The molecule has 1 fully saturated rings. The van der Waals surface area contributed by atoms with Crippen molar-refractivity contribution in [2.45, 2.75) is 23.3 Å². The number of carbonyl (C=O) groups excluding carboxylic acids is 1. The highest BCUT2D eigenvalue weighted by Gasteiger charge is 2.24. The van der Waals surface area contributed by atoms with Crippen molar-refractivity contribution >= 4 is 58.0 Å². The first kappa shape index (κ1) is 19.9. The fourth-order valence-electron chi connectivity index (χ4n) is 2.62. The van der Waals surface area contributed by atoms with Crippen molar-refractivity contribution in [3.05, 3.63) is 81.9 Å². The summed E-state index contributed by atoms with van der Waals surface area (Å²) in [7, 11) is 0. The zero-order chi connectivity index (χ0) is 20.2. The van der Waals surface area contributed by atoms with Gasteiger partial charge in [0.2, 0.25) is 0 Å². The maximum atomic E-state index is 12.3. The van der Waals surface area contributed by atoms with Crippen molar-refractivity contribution in [1.29, 1.82) is 0 Å². The van der Waals surface area contributed by atoms with Gasteiger partial charge in [-0.05, 0) is 72.3 Å². The third-order valence-electron chi connectivity index (χ3n) is 4.13. The summed E-state index contributed by atoms with van der Waals surface area (Å²) in [6.07, 6.45) is 2.71. The van der Waals surface area contributed by atoms with Gasteiger partial charge in [0, 0.05) is 16.0 Å². The monoisotopic (exact) mass is 440 g/mol. The van der Waals surface area contributed by atoms with Crippen LogP contribution in [-0.4, -0.2) is 11.1 Å². The van der Waals surface area contributed by atoms with Gasteiger partial charge < -0.3 is 9.73 Å². The molecule has 0 spiro atoms. The first-order valence-corrected chi connectivity index (χ1v) is 11.0. The quantitative estimate of drug-likeness (QED) is 0.458. The van der Waals surface area contributed by atoms with Gasteiger partial charge in [0.25, 0.3) is 5.91 Å². The third kappa shape index (κ3) is 5.15. The number of aryl methyl sites for hydroxylation is 1. The number of hydrogen-bond donors (Lipinski definition) is 1. The number of thioether (sulfide) groups is 1. The first-order chi connectivity index (χ1) is 14.1. The fourth-order valence-corrected chi connectivity index (χ4v) is 4.35.